The van der Waals surface area contributed by atoms with Crippen LogP contribution in [0.4, 0.5) is 13.2 Å². The van der Waals surface area contributed by atoms with Gasteiger partial charge in [0.05, 0.1) is 5.92 Å². The van der Waals surface area contributed by atoms with Crippen molar-refractivity contribution in [3.63, 3.8) is 0 Å². The van der Waals surface area contributed by atoms with E-state index in [1.165, 1.54) is 4.90 Å². The highest BCUT2D eigenvalue weighted by molar-refractivity contribution is 6.27. The van der Waals surface area contributed by atoms with Gasteiger partial charge in [-0.05, 0) is 19.3 Å². The molecule has 2 rings (SSSR count). The number of hydrogen-bond donors (Lipinski definition) is 0. The molecule has 0 aromatic carbocycles. The molecular formula is C12H17ClF3NO2. The van der Waals surface area contributed by atoms with Crippen LogP contribution in [0.2, 0.25) is 0 Å². The normalized spacial score (nSPS) is 27.6. The van der Waals surface area contributed by atoms with Gasteiger partial charge in [0.1, 0.15) is 5.88 Å². The van der Waals surface area contributed by atoms with Gasteiger partial charge in [0.2, 0.25) is 5.91 Å². The van der Waals surface area contributed by atoms with Gasteiger partial charge in [-0.25, -0.2) is 0 Å². The lowest BCUT2D eigenvalue weighted by Crippen LogP contribution is -2.57. The summed E-state index contributed by atoms with van der Waals surface area (Å²) in [7, 11) is 0. The summed E-state index contributed by atoms with van der Waals surface area (Å²) in [5.74, 6) is -1.81. The van der Waals surface area contributed by atoms with E-state index in [1.54, 1.807) is 0 Å². The number of rotatable bonds is 1. The summed E-state index contributed by atoms with van der Waals surface area (Å²) in [6, 6.07) is 0. The zero-order chi connectivity index (χ0) is 14.1. The van der Waals surface area contributed by atoms with E-state index < -0.39 is 17.5 Å². The molecule has 0 saturated carbocycles. The Morgan fingerprint density at radius 2 is 2.00 bits per heavy atom. The Labute approximate surface area is 115 Å². The van der Waals surface area contributed by atoms with Gasteiger partial charge in [0.25, 0.3) is 0 Å². The number of amides is 1. The third kappa shape index (κ3) is 2.99. The van der Waals surface area contributed by atoms with Crippen molar-refractivity contribution in [1.82, 2.24) is 4.90 Å². The lowest BCUT2D eigenvalue weighted by atomic mass is 9.65. The molecule has 2 heterocycles. The first-order valence-electron chi connectivity index (χ1n) is 6.37. The number of hydrogen-bond acceptors (Lipinski definition) is 2. The van der Waals surface area contributed by atoms with E-state index in [-0.39, 0.29) is 31.3 Å². The summed E-state index contributed by atoms with van der Waals surface area (Å²) in [5.41, 5.74) is -0.892. The Balaban J connectivity index is 2.21. The first kappa shape index (κ1) is 14.9. The topological polar surface area (TPSA) is 29.5 Å². The zero-order valence-corrected chi connectivity index (χ0v) is 11.3. The molecule has 0 aromatic rings. The molecule has 7 heteroatoms. The van der Waals surface area contributed by atoms with Gasteiger partial charge in [0, 0.05) is 31.7 Å². The highest BCUT2D eigenvalue weighted by Crippen LogP contribution is 2.50. The molecule has 0 bridgehead atoms. The molecular weight excluding hydrogens is 283 g/mol. The fourth-order valence-electron chi connectivity index (χ4n) is 3.25. The van der Waals surface area contributed by atoms with Crippen LogP contribution >= 0.6 is 11.6 Å². The molecule has 1 unspecified atom stereocenters. The number of alkyl halides is 4. The highest BCUT2D eigenvalue weighted by atomic mass is 35.5. The Kier molecular flexibility index (Phi) is 4.30. The second kappa shape index (κ2) is 5.48. The van der Waals surface area contributed by atoms with Crippen molar-refractivity contribution < 1.29 is 22.7 Å². The molecule has 2 aliphatic rings. The van der Waals surface area contributed by atoms with Crippen LogP contribution in [-0.2, 0) is 9.53 Å². The molecule has 3 nitrogen and oxygen atoms in total. The number of carbonyl (C=O) groups is 1. The van der Waals surface area contributed by atoms with Gasteiger partial charge < -0.3 is 9.64 Å². The van der Waals surface area contributed by atoms with Crippen LogP contribution in [0, 0.1) is 11.3 Å². The summed E-state index contributed by atoms with van der Waals surface area (Å²) < 4.78 is 44.8. The third-order valence-electron chi connectivity index (χ3n) is 4.28. The minimum absolute atomic E-state index is 0.0356. The summed E-state index contributed by atoms with van der Waals surface area (Å²) in [6.45, 7) is 0.940. The van der Waals surface area contributed by atoms with Crippen molar-refractivity contribution in [2.45, 2.75) is 25.4 Å². The van der Waals surface area contributed by atoms with Crippen LogP contribution in [0.5, 0.6) is 0 Å². The fourth-order valence-corrected chi connectivity index (χ4v) is 3.42. The van der Waals surface area contributed by atoms with Crippen molar-refractivity contribution in [1.29, 1.82) is 0 Å². The van der Waals surface area contributed by atoms with Crippen molar-refractivity contribution in [2.24, 2.45) is 11.3 Å². The van der Waals surface area contributed by atoms with E-state index in [1.807, 2.05) is 0 Å². The Morgan fingerprint density at radius 1 is 1.37 bits per heavy atom. The van der Waals surface area contributed by atoms with Gasteiger partial charge in [-0.3, -0.25) is 4.79 Å². The minimum atomic E-state index is -4.21. The van der Waals surface area contributed by atoms with Crippen LogP contribution in [0.15, 0.2) is 0 Å². The summed E-state index contributed by atoms with van der Waals surface area (Å²) in [4.78, 5) is 13.1. The van der Waals surface area contributed by atoms with Crippen LogP contribution in [0.1, 0.15) is 19.3 Å². The Morgan fingerprint density at radius 3 is 2.53 bits per heavy atom. The van der Waals surface area contributed by atoms with Gasteiger partial charge in [0.15, 0.2) is 0 Å². The number of piperidine rings is 1. The lowest BCUT2D eigenvalue weighted by molar-refractivity contribution is -0.235. The number of nitrogens with zero attached hydrogens (tertiary/aromatic N) is 1. The van der Waals surface area contributed by atoms with E-state index in [0.29, 0.717) is 26.1 Å². The summed E-state index contributed by atoms with van der Waals surface area (Å²) in [5, 5.41) is 0. The largest absolute Gasteiger partial charge is 0.392 e. The second-order valence-corrected chi connectivity index (χ2v) is 5.57. The maximum Gasteiger partial charge on any atom is 0.392 e. The van der Waals surface area contributed by atoms with Crippen molar-refractivity contribution in [3.8, 4) is 0 Å². The Bertz CT molecular complexity index is 342. The van der Waals surface area contributed by atoms with Crippen LogP contribution in [0.25, 0.3) is 0 Å². The van der Waals surface area contributed by atoms with Crippen LogP contribution < -0.4 is 0 Å². The van der Waals surface area contributed by atoms with Gasteiger partial charge in [-0.15, -0.1) is 11.6 Å². The molecule has 0 N–H and O–H groups in total. The molecule has 19 heavy (non-hydrogen) atoms. The molecule has 0 radical (unpaired) electrons. The van der Waals surface area contributed by atoms with Crippen molar-refractivity contribution in [2.75, 3.05) is 32.2 Å². The summed E-state index contributed by atoms with van der Waals surface area (Å²) in [6.07, 6.45) is -3.55. The number of ether oxygens (including phenoxy) is 1. The maximum absolute atomic E-state index is 13.2. The predicted molar refractivity (Wildman–Crippen MR) is 63.9 cm³/mol. The molecule has 1 atom stereocenters. The monoisotopic (exact) mass is 299 g/mol. The zero-order valence-electron chi connectivity index (χ0n) is 10.5. The Hall–Kier alpha value is -0.490. The second-order valence-electron chi connectivity index (χ2n) is 5.31. The van der Waals surface area contributed by atoms with E-state index in [2.05, 4.69) is 0 Å². The maximum atomic E-state index is 13.2. The first-order valence-corrected chi connectivity index (χ1v) is 6.91. The average molecular weight is 300 g/mol. The molecule has 110 valence electrons. The molecule has 0 aliphatic carbocycles. The average Bonchev–Trinajstić information content (AvgIpc) is 2.37. The van der Waals surface area contributed by atoms with E-state index >= 15 is 0 Å². The standard InChI is InChI=1S/C12H17ClF3NO2/c13-7-10(18)17-4-1-9(12(14,15)16)11(8-17)2-5-19-6-3-11/h9H,1-8H2. The molecule has 1 spiro atoms. The minimum Gasteiger partial charge on any atom is -0.381 e. The predicted octanol–water partition coefficient (Wildman–Crippen LogP) is 2.43. The molecule has 2 aliphatic heterocycles. The third-order valence-corrected chi connectivity index (χ3v) is 4.51. The smallest absolute Gasteiger partial charge is 0.381 e. The quantitative estimate of drug-likeness (QED) is 0.696. The van der Waals surface area contributed by atoms with E-state index in [0.717, 1.165) is 0 Å². The number of likely N-dealkylation sites (tertiary alicyclic amines) is 1. The number of carbonyl (C=O) groups excluding carboxylic acids is 1. The van der Waals surface area contributed by atoms with Crippen molar-refractivity contribution >= 4 is 17.5 Å². The van der Waals surface area contributed by atoms with E-state index in [4.69, 9.17) is 16.3 Å². The SMILES string of the molecule is O=C(CCl)N1CCC(C(F)(F)F)C2(CCOCC2)C1. The van der Waals surface area contributed by atoms with Gasteiger partial charge >= 0.3 is 6.18 Å². The van der Waals surface area contributed by atoms with Gasteiger partial charge in [-0.1, -0.05) is 0 Å². The molecule has 2 fully saturated rings. The van der Waals surface area contributed by atoms with Crippen molar-refractivity contribution in [3.05, 3.63) is 0 Å². The van der Waals surface area contributed by atoms with Crippen LogP contribution in [-0.4, -0.2) is 49.2 Å². The summed E-state index contributed by atoms with van der Waals surface area (Å²) >= 11 is 5.50. The lowest BCUT2D eigenvalue weighted by Gasteiger charge is -2.50. The first-order chi connectivity index (χ1) is 8.89. The highest BCUT2D eigenvalue weighted by Gasteiger charge is 2.56. The van der Waals surface area contributed by atoms with Gasteiger partial charge in [-0.2, -0.15) is 13.2 Å². The molecule has 1 amide bonds. The van der Waals surface area contributed by atoms with E-state index in [9.17, 15) is 18.0 Å². The number of halogens is 4. The van der Waals surface area contributed by atoms with Crippen LogP contribution in [0.3, 0.4) is 0 Å². The molecule has 0 aromatic heterocycles. The fraction of sp³-hybridized carbons (Fsp3) is 0.917. The molecule has 2 saturated heterocycles.